The molecule has 1 atom stereocenters. The lowest BCUT2D eigenvalue weighted by Crippen LogP contribution is -2.40. The number of hydrogen-bond acceptors (Lipinski definition) is 2. The molecule has 1 unspecified atom stereocenters. The Bertz CT molecular complexity index is 518. The van der Waals surface area contributed by atoms with E-state index in [4.69, 9.17) is 4.74 Å². The first-order chi connectivity index (χ1) is 9.61. The van der Waals surface area contributed by atoms with Crippen LogP contribution in [0.4, 0.5) is 0 Å². The van der Waals surface area contributed by atoms with Crippen LogP contribution in [0.3, 0.4) is 0 Å². The van der Waals surface area contributed by atoms with E-state index in [2.05, 4.69) is 35.6 Å². The molecule has 1 heterocycles. The average molecular weight is 384 g/mol. The van der Waals surface area contributed by atoms with Crippen molar-refractivity contribution in [2.45, 2.75) is 51.0 Å². The van der Waals surface area contributed by atoms with Crippen LogP contribution in [0.1, 0.15) is 54.4 Å². The third-order valence-electron chi connectivity index (χ3n) is 4.84. The molecule has 2 nitrogen and oxygen atoms in total. The van der Waals surface area contributed by atoms with Crippen LogP contribution in [0, 0.1) is 16.4 Å². The molecular weight excluding hydrogens is 363 g/mol. The summed E-state index contributed by atoms with van der Waals surface area (Å²) in [4.78, 5) is 12.9. The Balaban J connectivity index is 1.81. The van der Waals surface area contributed by atoms with Gasteiger partial charge < -0.3 is 4.74 Å². The number of carbonyl (C=O) groups is 1. The van der Waals surface area contributed by atoms with Crippen molar-refractivity contribution in [3.63, 3.8) is 0 Å². The first-order valence-corrected chi connectivity index (χ1v) is 8.62. The molecule has 1 saturated heterocycles. The zero-order chi connectivity index (χ0) is 14.2. The van der Waals surface area contributed by atoms with Gasteiger partial charge in [-0.3, -0.25) is 4.79 Å². The number of hydrogen-bond donors (Lipinski definition) is 0. The predicted molar refractivity (Wildman–Crippen MR) is 88.1 cm³/mol. The Kier molecular flexibility index (Phi) is 4.18. The molecule has 2 aliphatic rings. The number of halogens is 1. The van der Waals surface area contributed by atoms with Crippen molar-refractivity contribution < 1.29 is 9.53 Å². The van der Waals surface area contributed by atoms with Crippen molar-refractivity contribution in [3.05, 3.63) is 32.9 Å². The summed E-state index contributed by atoms with van der Waals surface area (Å²) in [5, 5.41) is 0. The Morgan fingerprint density at radius 3 is 2.85 bits per heavy atom. The van der Waals surface area contributed by atoms with Gasteiger partial charge in [0.1, 0.15) is 0 Å². The molecule has 0 N–H and O–H groups in total. The second kappa shape index (κ2) is 5.76. The van der Waals surface area contributed by atoms with E-state index >= 15 is 0 Å². The van der Waals surface area contributed by atoms with Gasteiger partial charge in [0.05, 0.1) is 5.60 Å². The summed E-state index contributed by atoms with van der Waals surface area (Å²) in [6.45, 7) is 2.82. The van der Waals surface area contributed by atoms with E-state index in [9.17, 15) is 4.79 Å². The van der Waals surface area contributed by atoms with Crippen LogP contribution in [0.5, 0.6) is 0 Å². The lowest BCUT2D eigenvalue weighted by Gasteiger charge is -2.37. The second-order valence-corrected chi connectivity index (χ2v) is 7.31. The molecule has 1 spiro atoms. The maximum Gasteiger partial charge on any atom is 0.167 e. The van der Waals surface area contributed by atoms with Crippen LogP contribution in [-0.2, 0) is 4.74 Å². The lowest BCUT2D eigenvalue weighted by molar-refractivity contribution is -0.0866. The van der Waals surface area contributed by atoms with Gasteiger partial charge in [-0.1, -0.05) is 31.0 Å². The summed E-state index contributed by atoms with van der Waals surface area (Å²) in [6, 6.07) is 6.05. The van der Waals surface area contributed by atoms with E-state index < -0.39 is 0 Å². The van der Waals surface area contributed by atoms with Gasteiger partial charge in [0.15, 0.2) is 5.78 Å². The third kappa shape index (κ3) is 2.67. The fourth-order valence-electron chi connectivity index (χ4n) is 3.68. The van der Waals surface area contributed by atoms with E-state index in [1.54, 1.807) is 0 Å². The van der Waals surface area contributed by atoms with Gasteiger partial charge in [0, 0.05) is 21.7 Å². The van der Waals surface area contributed by atoms with Crippen molar-refractivity contribution in [3.8, 4) is 0 Å². The normalized spacial score (nSPS) is 25.0. The number of carbonyl (C=O) groups excluding carboxylic acids is 1. The van der Waals surface area contributed by atoms with Crippen LogP contribution in [0.25, 0.3) is 0 Å². The van der Waals surface area contributed by atoms with E-state index in [-0.39, 0.29) is 11.5 Å². The molecule has 2 fully saturated rings. The lowest BCUT2D eigenvalue weighted by atomic mass is 9.80. The Morgan fingerprint density at radius 1 is 1.35 bits per heavy atom. The Labute approximate surface area is 134 Å². The monoisotopic (exact) mass is 384 g/mol. The van der Waals surface area contributed by atoms with Gasteiger partial charge in [-0.15, -0.1) is 0 Å². The molecule has 108 valence electrons. The standard InChI is InChI=1S/C17H21IO2/c1-12-5-4-6-14(15(12)18)16(19)13-7-10-20-17(11-13)8-2-3-9-17/h4-6,13H,2-3,7-11H2,1H3. The molecule has 1 saturated carbocycles. The van der Waals surface area contributed by atoms with E-state index in [1.165, 1.54) is 18.4 Å². The van der Waals surface area contributed by atoms with Gasteiger partial charge in [0.25, 0.3) is 0 Å². The highest BCUT2D eigenvalue weighted by Gasteiger charge is 2.42. The summed E-state index contributed by atoms with van der Waals surface area (Å²) in [7, 11) is 0. The van der Waals surface area contributed by atoms with Crippen LogP contribution in [-0.4, -0.2) is 18.0 Å². The van der Waals surface area contributed by atoms with E-state index in [0.717, 1.165) is 41.4 Å². The minimum absolute atomic E-state index is 0.0217. The van der Waals surface area contributed by atoms with Crippen LogP contribution in [0.15, 0.2) is 18.2 Å². The van der Waals surface area contributed by atoms with Crippen molar-refractivity contribution in [2.75, 3.05) is 6.61 Å². The number of Topliss-reactive ketones (excluding diaryl/α,β-unsaturated/α-hetero) is 1. The number of benzene rings is 1. The number of rotatable bonds is 2. The molecule has 1 aromatic carbocycles. The zero-order valence-corrected chi connectivity index (χ0v) is 14.1. The van der Waals surface area contributed by atoms with Gasteiger partial charge in [-0.05, 0) is 60.8 Å². The molecule has 20 heavy (non-hydrogen) atoms. The first kappa shape index (κ1) is 14.5. The molecule has 0 aromatic heterocycles. The summed E-state index contributed by atoms with van der Waals surface area (Å²) in [5.41, 5.74) is 2.12. The van der Waals surface area contributed by atoms with Crippen LogP contribution < -0.4 is 0 Å². The highest BCUT2D eigenvalue weighted by molar-refractivity contribution is 14.1. The average Bonchev–Trinajstić information content (AvgIpc) is 2.89. The third-order valence-corrected chi connectivity index (χ3v) is 6.27. The van der Waals surface area contributed by atoms with Crippen molar-refractivity contribution in [1.29, 1.82) is 0 Å². The molecule has 3 heteroatoms. The SMILES string of the molecule is Cc1cccc(C(=O)C2CCOC3(CCCC3)C2)c1I. The molecule has 1 aliphatic carbocycles. The summed E-state index contributed by atoms with van der Waals surface area (Å²) in [6.07, 6.45) is 6.59. The summed E-state index contributed by atoms with van der Waals surface area (Å²) < 4.78 is 7.16. The quantitative estimate of drug-likeness (QED) is 0.554. The molecule has 1 aliphatic heterocycles. The smallest absolute Gasteiger partial charge is 0.167 e. The minimum atomic E-state index is 0.0217. The Morgan fingerprint density at radius 2 is 2.10 bits per heavy atom. The van der Waals surface area contributed by atoms with Crippen LogP contribution >= 0.6 is 22.6 Å². The molecule has 3 rings (SSSR count). The maximum absolute atomic E-state index is 12.9. The largest absolute Gasteiger partial charge is 0.375 e. The minimum Gasteiger partial charge on any atom is -0.375 e. The van der Waals surface area contributed by atoms with Gasteiger partial charge in [-0.25, -0.2) is 0 Å². The van der Waals surface area contributed by atoms with Gasteiger partial charge >= 0.3 is 0 Å². The molecular formula is C17H21IO2. The summed E-state index contributed by atoms with van der Waals surface area (Å²) in [5.74, 6) is 0.477. The molecule has 0 bridgehead atoms. The Hall–Kier alpha value is -0.420. The molecule has 0 radical (unpaired) electrons. The number of ether oxygens (including phenoxy) is 1. The molecule has 0 amide bonds. The van der Waals surface area contributed by atoms with E-state index in [0.29, 0.717) is 5.78 Å². The first-order valence-electron chi connectivity index (χ1n) is 7.55. The highest BCUT2D eigenvalue weighted by Crippen LogP contribution is 2.43. The van der Waals surface area contributed by atoms with Crippen molar-refractivity contribution in [1.82, 2.24) is 0 Å². The number of ketones is 1. The topological polar surface area (TPSA) is 26.3 Å². The van der Waals surface area contributed by atoms with Crippen LogP contribution in [0.2, 0.25) is 0 Å². The zero-order valence-electron chi connectivity index (χ0n) is 12.0. The fraction of sp³-hybridized carbons (Fsp3) is 0.588. The van der Waals surface area contributed by atoms with Crippen molar-refractivity contribution >= 4 is 28.4 Å². The summed E-state index contributed by atoms with van der Waals surface area (Å²) >= 11 is 2.30. The predicted octanol–water partition coefficient (Wildman–Crippen LogP) is 4.52. The van der Waals surface area contributed by atoms with Gasteiger partial charge in [-0.2, -0.15) is 0 Å². The van der Waals surface area contributed by atoms with Gasteiger partial charge in [0.2, 0.25) is 0 Å². The second-order valence-electron chi connectivity index (χ2n) is 6.23. The van der Waals surface area contributed by atoms with E-state index in [1.807, 2.05) is 12.1 Å². The fourth-order valence-corrected chi connectivity index (χ4v) is 4.30. The number of aryl methyl sites for hydroxylation is 1. The maximum atomic E-state index is 12.9. The highest BCUT2D eigenvalue weighted by atomic mass is 127. The molecule has 1 aromatic rings. The van der Waals surface area contributed by atoms with Crippen molar-refractivity contribution in [2.24, 2.45) is 5.92 Å².